The van der Waals surface area contributed by atoms with E-state index in [1.807, 2.05) is 0 Å². The van der Waals surface area contributed by atoms with E-state index in [0.717, 1.165) is 36.3 Å². The minimum atomic E-state index is -0.258. The summed E-state index contributed by atoms with van der Waals surface area (Å²) in [5, 5.41) is 0.887. The molecule has 2 nitrogen and oxygen atoms in total. The molecule has 36 heavy (non-hydrogen) atoms. The highest BCUT2D eigenvalue weighted by molar-refractivity contribution is 8.01. The third-order valence-corrected chi connectivity index (χ3v) is 11.9. The van der Waals surface area contributed by atoms with Crippen LogP contribution in [0.4, 0.5) is 0 Å². The minimum Gasteiger partial charge on any atom is -0.486 e. The molecule has 0 saturated heterocycles. The Bertz CT molecular complexity index is 983. The van der Waals surface area contributed by atoms with Crippen molar-refractivity contribution in [1.82, 2.24) is 0 Å². The lowest BCUT2D eigenvalue weighted by Crippen LogP contribution is -2.52. The van der Waals surface area contributed by atoms with E-state index in [-0.39, 0.29) is 21.2 Å². The molecule has 2 rings (SSSR count). The van der Waals surface area contributed by atoms with E-state index in [1.54, 1.807) is 0 Å². The number of hydrogen-bond donors (Lipinski definition) is 1. The summed E-state index contributed by atoms with van der Waals surface area (Å²) in [6.45, 7) is 30.5. The monoisotopic (exact) mass is 532 g/mol. The highest BCUT2D eigenvalue weighted by Crippen LogP contribution is 2.55. The van der Waals surface area contributed by atoms with E-state index in [9.17, 15) is 0 Å². The fourth-order valence-corrected chi connectivity index (χ4v) is 8.00. The van der Waals surface area contributed by atoms with Gasteiger partial charge in [-0.3, -0.25) is 0 Å². The van der Waals surface area contributed by atoms with Crippen LogP contribution in [0.3, 0.4) is 0 Å². The Balaban J connectivity index is 2.35. The summed E-state index contributed by atoms with van der Waals surface area (Å²) in [7, 11) is 0. The van der Waals surface area contributed by atoms with Crippen molar-refractivity contribution in [2.24, 2.45) is 16.7 Å². The van der Waals surface area contributed by atoms with Crippen LogP contribution in [0.2, 0.25) is 0 Å². The van der Waals surface area contributed by atoms with Gasteiger partial charge in [0.1, 0.15) is 23.7 Å². The molecule has 4 heteroatoms. The number of hydrogen-bond acceptors (Lipinski definition) is 4. The highest BCUT2D eigenvalue weighted by Gasteiger charge is 2.51. The Morgan fingerprint density at radius 2 is 1.64 bits per heavy atom. The van der Waals surface area contributed by atoms with Gasteiger partial charge in [-0.15, -0.1) is 6.42 Å². The van der Waals surface area contributed by atoms with E-state index in [1.165, 1.54) is 16.7 Å². The van der Waals surface area contributed by atoms with Crippen LogP contribution in [0.25, 0.3) is 0 Å². The molecule has 0 aliphatic carbocycles. The van der Waals surface area contributed by atoms with E-state index < -0.39 is 0 Å². The third-order valence-electron chi connectivity index (χ3n) is 9.50. The summed E-state index contributed by atoms with van der Waals surface area (Å²) in [5.74, 6) is 5.10. The van der Waals surface area contributed by atoms with Gasteiger partial charge in [0.05, 0.1) is 0 Å². The number of benzene rings is 1. The van der Waals surface area contributed by atoms with Gasteiger partial charge in [0.15, 0.2) is 0 Å². The zero-order chi connectivity index (χ0) is 27.9. The smallest absolute Gasteiger partial charge is 0.148 e. The maximum Gasteiger partial charge on any atom is 0.148 e. The second-order valence-corrected chi connectivity index (χ2v) is 16.1. The standard InChI is InChI=1S/C32H52O2S2/c1-15-18-33-27-20(2)21(3)28-26(22(27)4)16-17-32(14,34-28)30(10,11)19-29(8,9)25(7)31(12,13)36-24(6)23(5)35/h1,23-25,35H,16-19H2,2-14H3. The summed E-state index contributed by atoms with van der Waals surface area (Å²) < 4.78 is 13.1. The predicted molar refractivity (Wildman–Crippen MR) is 163 cm³/mol. The molecular formula is C32H52O2S2. The molecule has 1 aliphatic rings. The first-order chi connectivity index (χ1) is 16.3. The average molecular weight is 533 g/mol. The quantitative estimate of drug-likeness (QED) is 0.239. The van der Waals surface area contributed by atoms with Gasteiger partial charge in [0.25, 0.3) is 0 Å². The molecule has 0 aromatic heterocycles. The molecule has 0 amide bonds. The van der Waals surface area contributed by atoms with Crippen molar-refractivity contribution in [3.63, 3.8) is 0 Å². The first-order valence-corrected chi connectivity index (χ1v) is 14.9. The molecule has 1 aromatic rings. The second-order valence-electron chi connectivity index (χ2n) is 13.3. The molecule has 4 atom stereocenters. The molecular weight excluding hydrogens is 480 g/mol. The van der Waals surface area contributed by atoms with Crippen molar-refractivity contribution in [1.29, 1.82) is 0 Å². The second kappa shape index (κ2) is 11.1. The van der Waals surface area contributed by atoms with Gasteiger partial charge in [-0.1, -0.05) is 68.2 Å². The number of fused-ring (bicyclic) bond motifs is 1. The lowest BCUT2D eigenvalue weighted by Gasteiger charge is -2.53. The van der Waals surface area contributed by atoms with E-state index in [0.29, 0.717) is 23.0 Å². The molecule has 0 fully saturated rings. The van der Waals surface area contributed by atoms with Crippen molar-refractivity contribution in [3.8, 4) is 23.8 Å². The molecule has 0 saturated carbocycles. The van der Waals surface area contributed by atoms with Crippen molar-refractivity contribution >= 4 is 24.4 Å². The van der Waals surface area contributed by atoms with Gasteiger partial charge < -0.3 is 9.47 Å². The summed E-state index contributed by atoms with van der Waals surface area (Å²) in [5.41, 5.74) is 4.61. The topological polar surface area (TPSA) is 18.5 Å². The van der Waals surface area contributed by atoms with Crippen molar-refractivity contribution < 1.29 is 9.47 Å². The van der Waals surface area contributed by atoms with Crippen molar-refractivity contribution in [3.05, 3.63) is 22.3 Å². The number of thiol groups is 1. The third kappa shape index (κ3) is 6.20. The predicted octanol–water partition coefficient (Wildman–Crippen LogP) is 9.00. The van der Waals surface area contributed by atoms with Gasteiger partial charge in [-0.2, -0.15) is 24.4 Å². The summed E-state index contributed by atoms with van der Waals surface area (Å²) in [6, 6.07) is 0. The van der Waals surface area contributed by atoms with Gasteiger partial charge >= 0.3 is 0 Å². The number of rotatable bonds is 10. The molecule has 0 bridgehead atoms. The number of thioether (sulfide) groups is 1. The fraction of sp³-hybridized carbons (Fsp3) is 0.750. The van der Waals surface area contributed by atoms with Crippen molar-refractivity contribution in [2.45, 2.75) is 130 Å². The maximum atomic E-state index is 7.03. The molecule has 0 radical (unpaired) electrons. The SMILES string of the molecule is C#CCOc1c(C)c(C)c2c(c1C)CCC(C)(C(C)(C)CC(C)(C)C(C)C(C)(C)SC(C)C(C)S)O2. The number of ether oxygens (including phenoxy) is 2. The fourth-order valence-electron chi connectivity index (χ4n) is 6.14. The molecule has 204 valence electrons. The maximum absolute atomic E-state index is 7.03. The first-order valence-electron chi connectivity index (χ1n) is 13.5. The molecule has 1 aliphatic heterocycles. The van der Waals surface area contributed by atoms with Crippen molar-refractivity contribution in [2.75, 3.05) is 6.61 Å². The van der Waals surface area contributed by atoms with Crippen LogP contribution in [0.1, 0.15) is 104 Å². The molecule has 0 N–H and O–H groups in total. The summed E-state index contributed by atoms with van der Waals surface area (Å²) in [4.78, 5) is 0. The van der Waals surface area contributed by atoms with Gasteiger partial charge in [0, 0.05) is 26.2 Å². The molecule has 4 unspecified atom stereocenters. The number of terminal acetylenes is 1. The average Bonchev–Trinajstić information content (AvgIpc) is 2.75. The van der Waals surface area contributed by atoms with Gasteiger partial charge in [-0.25, -0.2) is 0 Å². The molecule has 1 aromatic carbocycles. The van der Waals surface area contributed by atoms with E-state index in [4.69, 9.17) is 28.5 Å². The Morgan fingerprint density at radius 3 is 2.17 bits per heavy atom. The Morgan fingerprint density at radius 1 is 1.06 bits per heavy atom. The Kier molecular flexibility index (Phi) is 9.61. The minimum absolute atomic E-state index is 0.0153. The van der Waals surface area contributed by atoms with Crippen LogP contribution < -0.4 is 9.47 Å². The van der Waals surface area contributed by atoms with Crippen LogP contribution in [0.15, 0.2) is 0 Å². The zero-order valence-electron chi connectivity index (χ0n) is 25.3. The first kappa shape index (κ1) is 31.3. The largest absolute Gasteiger partial charge is 0.486 e. The van der Waals surface area contributed by atoms with Gasteiger partial charge in [-0.05, 0) is 75.0 Å². The van der Waals surface area contributed by atoms with E-state index in [2.05, 4.69) is 108 Å². The lowest BCUT2D eigenvalue weighted by atomic mass is 9.59. The summed E-state index contributed by atoms with van der Waals surface area (Å²) in [6.07, 6.45) is 8.53. The van der Waals surface area contributed by atoms with E-state index >= 15 is 0 Å². The van der Waals surface area contributed by atoms with Crippen LogP contribution >= 0.6 is 24.4 Å². The van der Waals surface area contributed by atoms with Crippen LogP contribution in [-0.4, -0.2) is 27.5 Å². The molecule has 0 spiro atoms. The Hall–Kier alpha value is -0.920. The zero-order valence-corrected chi connectivity index (χ0v) is 27.0. The van der Waals surface area contributed by atoms with Gasteiger partial charge in [0.2, 0.25) is 0 Å². The highest BCUT2D eigenvalue weighted by atomic mass is 32.2. The van der Waals surface area contributed by atoms with Crippen LogP contribution in [-0.2, 0) is 6.42 Å². The van der Waals surface area contributed by atoms with Crippen LogP contribution in [0.5, 0.6) is 11.5 Å². The normalized spacial score (nSPS) is 21.1. The van der Waals surface area contributed by atoms with Crippen LogP contribution in [0, 0.1) is 49.9 Å². The lowest BCUT2D eigenvalue weighted by molar-refractivity contribution is -0.0725. The molecule has 1 heterocycles. The summed E-state index contributed by atoms with van der Waals surface area (Å²) >= 11 is 6.79. The Labute approximate surface area is 232 Å².